The number of benzene rings is 2. The summed E-state index contributed by atoms with van der Waals surface area (Å²) in [7, 11) is 0. The number of hydrogen-bond donors (Lipinski definition) is 0. The second kappa shape index (κ2) is 10.6. The zero-order valence-electron chi connectivity index (χ0n) is 21.8. The van der Waals surface area contributed by atoms with E-state index in [4.69, 9.17) is 14.6 Å². The molecule has 0 aliphatic carbocycles. The number of ether oxygens (including phenoxy) is 2. The largest absolute Gasteiger partial charge is 0.491 e. The molecule has 5 rings (SSSR count). The summed E-state index contributed by atoms with van der Waals surface area (Å²) in [5.74, 6) is 0.636. The minimum absolute atomic E-state index is 0.0942. The van der Waals surface area contributed by atoms with E-state index in [-0.39, 0.29) is 24.2 Å². The molecule has 0 radical (unpaired) electrons. The molecule has 1 aromatic heterocycles. The van der Waals surface area contributed by atoms with Crippen LogP contribution in [0.1, 0.15) is 38.8 Å². The highest BCUT2D eigenvalue weighted by atomic mass is 32.2. The Kier molecular flexibility index (Phi) is 7.22. The summed E-state index contributed by atoms with van der Waals surface area (Å²) in [4.78, 5) is 20.1. The number of para-hydroxylation sites is 1. The van der Waals surface area contributed by atoms with Gasteiger partial charge < -0.3 is 14.4 Å². The highest BCUT2D eigenvalue weighted by Crippen LogP contribution is 2.35. The maximum Gasteiger partial charge on any atom is 0.286 e. The van der Waals surface area contributed by atoms with Gasteiger partial charge in [0.15, 0.2) is 5.17 Å². The fourth-order valence-corrected chi connectivity index (χ4v) is 5.54. The van der Waals surface area contributed by atoms with Gasteiger partial charge in [0.05, 0.1) is 28.9 Å². The van der Waals surface area contributed by atoms with E-state index in [0.29, 0.717) is 4.91 Å². The van der Waals surface area contributed by atoms with E-state index < -0.39 is 0 Å². The van der Waals surface area contributed by atoms with E-state index in [1.165, 1.54) is 11.8 Å². The van der Waals surface area contributed by atoms with Crippen molar-refractivity contribution in [3.63, 3.8) is 0 Å². The molecule has 0 bridgehead atoms. The lowest BCUT2D eigenvalue weighted by Gasteiger charge is -2.35. The number of aryl methyl sites for hydroxylation is 1. The van der Waals surface area contributed by atoms with Gasteiger partial charge in [-0.2, -0.15) is 10.1 Å². The molecule has 0 saturated carbocycles. The number of aromatic nitrogens is 2. The second-order valence-electron chi connectivity index (χ2n) is 9.83. The molecule has 37 heavy (non-hydrogen) atoms. The summed E-state index contributed by atoms with van der Waals surface area (Å²) in [5, 5.41) is 5.66. The molecule has 3 heterocycles. The van der Waals surface area contributed by atoms with Gasteiger partial charge in [-0.1, -0.05) is 18.2 Å². The molecule has 2 aliphatic rings. The van der Waals surface area contributed by atoms with Crippen LogP contribution in [0.3, 0.4) is 0 Å². The van der Waals surface area contributed by atoms with Gasteiger partial charge in [-0.15, -0.1) is 0 Å². The quantitative estimate of drug-likeness (QED) is 0.405. The van der Waals surface area contributed by atoms with Crippen molar-refractivity contribution in [3.8, 4) is 22.7 Å². The summed E-state index contributed by atoms with van der Waals surface area (Å²) in [6, 6.07) is 16.1. The predicted molar refractivity (Wildman–Crippen MR) is 149 cm³/mol. The Hall–Kier alpha value is -3.36. The zero-order chi connectivity index (χ0) is 26.1. The Morgan fingerprint density at radius 2 is 1.84 bits per heavy atom. The number of aliphatic imine (C=N–C) groups is 1. The third-order valence-corrected chi connectivity index (χ3v) is 7.20. The lowest BCUT2D eigenvalue weighted by molar-refractivity contribution is -0.113. The number of hydrogen-bond acceptors (Lipinski definition) is 6. The normalized spacial score (nSPS) is 21.1. The summed E-state index contributed by atoms with van der Waals surface area (Å²) >= 11 is 1.42. The molecule has 0 spiro atoms. The van der Waals surface area contributed by atoms with E-state index in [2.05, 4.69) is 16.0 Å². The number of carbonyl (C=O) groups is 1. The summed E-state index contributed by atoms with van der Waals surface area (Å²) in [6.45, 7) is 11.6. The summed E-state index contributed by atoms with van der Waals surface area (Å²) in [5.41, 5.74) is 4.60. The van der Waals surface area contributed by atoms with Crippen LogP contribution in [-0.4, -0.2) is 57.2 Å². The van der Waals surface area contributed by atoms with Crippen molar-refractivity contribution in [2.75, 3.05) is 13.1 Å². The van der Waals surface area contributed by atoms with Crippen molar-refractivity contribution in [1.29, 1.82) is 0 Å². The first-order chi connectivity index (χ1) is 17.8. The van der Waals surface area contributed by atoms with Crippen molar-refractivity contribution in [2.45, 2.75) is 52.9 Å². The molecule has 8 heteroatoms. The zero-order valence-corrected chi connectivity index (χ0v) is 22.7. The molecule has 7 nitrogen and oxygen atoms in total. The second-order valence-corrected chi connectivity index (χ2v) is 10.8. The topological polar surface area (TPSA) is 69.0 Å². The molecule has 2 atom stereocenters. The molecule has 0 N–H and O–H groups in total. The monoisotopic (exact) mass is 516 g/mol. The number of morpholine rings is 1. The molecule has 2 aliphatic heterocycles. The molecule has 2 aromatic carbocycles. The highest BCUT2D eigenvalue weighted by molar-refractivity contribution is 8.18. The van der Waals surface area contributed by atoms with Gasteiger partial charge in [-0.25, -0.2) is 4.68 Å². The third-order valence-electron chi connectivity index (χ3n) is 6.16. The van der Waals surface area contributed by atoms with Crippen LogP contribution in [0.2, 0.25) is 0 Å². The third kappa shape index (κ3) is 5.65. The Balaban J connectivity index is 1.50. The molecule has 1 amide bonds. The van der Waals surface area contributed by atoms with Crippen molar-refractivity contribution < 1.29 is 14.3 Å². The molecule has 1 fully saturated rings. The number of thioether (sulfide) groups is 1. The van der Waals surface area contributed by atoms with Crippen LogP contribution in [-0.2, 0) is 9.53 Å². The Labute approximate surface area is 222 Å². The molecular weight excluding hydrogens is 484 g/mol. The van der Waals surface area contributed by atoms with E-state index in [1.807, 2.05) is 94.0 Å². The smallest absolute Gasteiger partial charge is 0.286 e. The lowest BCUT2D eigenvalue weighted by Crippen LogP contribution is -2.47. The molecule has 1 saturated heterocycles. The van der Waals surface area contributed by atoms with Gasteiger partial charge in [-0.3, -0.25) is 4.79 Å². The van der Waals surface area contributed by atoms with Crippen molar-refractivity contribution in [2.24, 2.45) is 4.99 Å². The first-order valence-electron chi connectivity index (χ1n) is 12.6. The Bertz CT molecular complexity index is 1350. The van der Waals surface area contributed by atoms with E-state index in [9.17, 15) is 4.79 Å². The molecule has 0 unspecified atom stereocenters. The summed E-state index contributed by atoms with van der Waals surface area (Å²) < 4.78 is 13.6. The van der Waals surface area contributed by atoms with E-state index in [1.54, 1.807) is 0 Å². The Morgan fingerprint density at radius 1 is 1.11 bits per heavy atom. The van der Waals surface area contributed by atoms with Crippen LogP contribution in [0.4, 0.5) is 0 Å². The van der Waals surface area contributed by atoms with Crippen LogP contribution in [0.15, 0.2) is 64.6 Å². The highest BCUT2D eigenvalue weighted by Gasteiger charge is 2.31. The molecular formula is C29H32N4O3S. The van der Waals surface area contributed by atoms with E-state index in [0.717, 1.165) is 52.1 Å². The minimum atomic E-state index is -0.220. The number of rotatable bonds is 5. The predicted octanol–water partition coefficient (Wildman–Crippen LogP) is 5.71. The van der Waals surface area contributed by atoms with Gasteiger partial charge >= 0.3 is 0 Å². The van der Waals surface area contributed by atoms with Gasteiger partial charge in [0.1, 0.15) is 11.4 Å². The fraction of sp³-hybridized carbons (Fsp3) is 0.345. The van der Waals surface area contributed by atoms with Gasteiger partial charge in [0, 0.05) is 30.4 Å². The Morgan fingerprint density at radius 3 is 2.51 bits per heavy atom. The van der Waals surface area contributed by atoms with Crippen molar-refractivity contribution >= 4 is 28.9 Å². The van der Waals surface area contributed by atoms with Gasteiger partial charge in [0.25, 0.3) is 5.91 Å². The van der Waals surface area contributed by atoms with Crippen molar-refractivity contribution in [3.05, 3.63) is 70.8 Å². The first-order valence-corrected chi connectivity index (χ1v) is 13.4. The molecule has 192 valence electrons. The average molecular weight is 517 g/mol. The number of nitrogens with zero attached hydrogens (tertiary/aromatic N) is 4. The van der Waals surface area contributed by atoms with Crippen LogP contribution >= 0.6 is 11.8 Å². The fourth-order valence-electron chi connectivity index (χ4n) is 4.62. The van der Waals surface area contributed by atoms with Crippen LogP contribution in [0, 0.1) is 6.92 Å². The number of amides is 1. The molecule has 3 aromatic rings. The minimum Gasteiger partial charge on any atom is -0.491 e. The maximum atomic E-state index is 12.9. The van der Waals surface area contributed by atoms with E-state index >= 15 is 0 Å². The summed E-state index contributed by atoms with van der Waals surface area (Å²) in [6.07, 6.45) is 4.16. The number of amidine groups is 1. The average Bonchev–Trinajstić information content (AvgIpc) is 3.44. The maximum absolute atomic E-state index is 12.9. The van der Waals surface area contributed by atoms with Crippen molar-refractivity contribution in [1.82, 2.24) is 14.7 Å². The van der Waals surface area contributed by atoms with Gasteiger partial charge in [-0.05, 0) is 88.4 Å². The van der Waals surface area contributed by atoms with Crippen LogP contribution in [0.25, 0.3) is 23.0 Å². The lowest BCUT2D eigenvalue weighted by atomic mass is 10.0. The standard InChI is InChI=1S/C29H32N4O3S/c1-18(2)35-25-12-11-22(13-19(25)3)27-23(17-33(31-27)24-9-7-6-8-10-24)14-26-28(34)30-29(37-26)32-15-20(4)36-21(5)16-32/h6-14,17-18,20-21H,15-16H2,1-5H3/b26-14-/t20-,21+. The van der Waals surface area contributed by atoms with Crippen LogP contribution < -0.4 is 4.74 Å². The SMILES string of the molecule is Cc1cc(-c2nn(-c3ccccc3)cc2/C=C2\SC(N3C[C@@H](C)O[C@@H](C)C3)=NC2=O)ccc1OC(C)C. The van der Waals surface area contributed by atoms with Crippen LogP contribution in [0.5, 0.6) is 5.75 Å². The first kappa shape index (κ1) is 25.3. The van der Waals surface area contributed by atoms with Gasteiger partial charge in [0.2, 0.25) is 0 Å². The number of carbonyl (C=O) groups excluding carboxylic acids is 1.